The van der Waals surface area contributed by atoms with Crippen molar-refractivity contribution in [3.8, 4) is 0 Å². The Labute approximate surface area is 155 Å². The maximum Gasteiger partial charge on any atom is 0.455 e. The highest BCUT2D eigenvalue weighted by Crippen LogP contribution is 2.41. The van der Waals surface area contributed by atoms with E-state index in [9.17, 15) is 26.7 Å². The summed E-state index contributed by atoms with van der Waals surface area (Å²) >= 11 is 5.85. The predicted molar refractivity (Wildman–Crippen MR) is 84.0 cm³/mol. The highest BCUT2D eigenvalue weighted by molar-refractivity contribution is 6.30. The number of benzene rings is 1. The minimum absolute atomic E-state index is 0.0693. The number of nitrogens with zero attached hydrogens (tertiary/aromatic N) is 1. The number of ketones is 1. The minimum Gasteiger partial charge on any atom is -0.370 e. The van der Waals surface area contributed by atoms with Gasteiger partial charge >= 0.3 is 12.1 Å². The Kier molecular flexibility index (Phi) is 5.27. The van der Waals surface area contributed by atoms with Gasteiger partial charge in [-0.2, -0.15) is 22.0 Å². The van der Waals surface area contributed by atoms with Gasteiger partial charge < -0.3 is 9.26 Å². The van der Waals surface area contributed by atoms with Gasteiger partial charge in [-0.15, -0.1) is 0 Å². The summed E-state index contributed by atoms with van der Waals surface area (Å²) in [6, 6.07) is 4.05. The lowest BCUT2D eigenvalue weighted by atomic mass is 9.98. The molecule has 0 saturated heterocycles. The molecule has 0 unspecified atom stereocenters. The summed E-state index contributed by atoms with van der Waals surface area (Å²) in [5, 5.41) is 4.00. The molecule has 27 heavy (non-hydrogen) atoms. The third-order valence-corrected chi connectivity index (χ3v) is 4.31. The molecule has 0 radical (unpaired) electrons. The van der Waals surface area contributed by atoms with Gasteiger partial charge in [0, 0.05) is 16.5 Å². The van der Waals surface area contributed by atoms with Gasteiger partial charge in [0.1, 0.15) is 12.9 Å². The van der Waals surface area contributed by atoms with Crippen LogP contribution >= 0.6 is 11.6 Å². The van der Waals surface area contributed by atoms with Crippen LogP contribution in [0.4, 0.5) is 22.0 Å². The smallest absolute Gasteiger partial charge is 0.370 e. The first-order valence-electron chi connectivity index (χ1n) is 7.90. The summed E-state index contributed by atoms with van der Waals surface area (Å²) in [4.78, 5) is 12.8. The number of carbonyl (C=O) groups is 1. The molecule has 0 N–H and O–H groups in total. The van der Waals surface area contributed by atoms with E-state index in [-0.39, 0.29) is 27.6 Å². The molecule has 2 aromatic rings. The second-order valence-electron chi connectivity index (χ2n) is 6.21. The van der Waals surface area contributed by atoms with Gasteiger partial charge in [-0.1, -0.05) is 16.8 Å². The van der Waals surface area contributed by atoms with Crippen molar-refractivity contribution in [3.05, 3.63) is 51.9 Å². The van der Waals surface area contributed by atoms with Crippen molar-refractivity contribution in [1.82, 2.24) is 5.16 Å². The summed E-state index contributed by atoms with van der Waals surface area (Å²) in [6.07, 6.45) is -2.79. The number of alkyl halides is 5. The van der Waals surface area contributed by atoms with Crippen molar-refractivity contribution in [3.63, 3.8) is 0 Å². The molecule has 1 aliphatic carbocycles. The Bertz CT molecular complexity index is 845. The summed E-state index contributed by atoms with van der Waals surface area (Å²) < 4.78 is 72.0. The number of hydrogen-bond acceptors (Lipinski definition) is 4. The SMILES string of the molecule is O=C(c1ccc(Cl)cc1COCC(F)(F)C(F)(F)F)c1conc1C1CC1. The van der Waals surface area contributed by atoms with Gasteiger partial charge in [-0.25, -0.2) is 0 Å². The van der Waals surface area contributed by atoms with Crippen molar-refractivity contribution in [2.24, 2.45) is 0 Å². The molecular formula is C17H13ClF5NO3. The molecule has 1 heterocycles. The lowest BCUT2D eigenvalue weighted by molar-refractivity contribution is -0.297. The van der Waals surface area contributed by atoms with E-state index in [4.69, 9.17) is 16.1 Å². The molecule has 0 atom stereocenters. The van der Waals surface area contributed by atoms with Crippen LogP contribution in [0.3, 0.4) is 0 Å². The number of hydrogen-bond donors (Lipinski definition) is 0. The van der Waals surface area contributed by atoms with E-state index in [1.165, 1.54) is 24.5 Å². The van der Waals surface area contributed by atoms with Crippen molar-refractivity contribution in [2.75, 3.05) is 6.61 Å². The second kappa shape index (κ2) is 7.20. The number of halogens is 6. The van der Waals surface area contributed by atoms with Gasteiger partial charge in [0.15, 0.2) is 5.78 Å². The fourth-order valence-corrected chi connectivity index (χ4v) is 2.68. The standard InChI is InChI=1S/C17H13ClF5NO3/c18-11-3-4-12(15(25)13-7-27-24-14(13)9-1-2-9)10(5-11)6-26-8-16(19,20)17(21,22)23/h3-5,7,9H,1-2,6,8H2. The topological polar surface area (TPSA) is 52.3 Å². The van der Waals surface area contributed by atoms with Crippen LogP contribution in [0.2, 0.25) is 5.02 Å². The molecule has 1 saturated carbocycles. The van der Waals surface area contributed by atoms with E-state index in [1.807, 2.05) is 0 Å². The number of carbonyl (C=O) groups excluding carboxylic acids is 1. The molecule has 146 valence electrons. The highest BCUT2D eigenvalue weighted by atomic mass is 35.5. The normalized spacial score (nSPS) is 15.2. The largest absolute Gasteiger partial charge is 0.455 e. The van der Waals surface area contributed by atoms with E-state index in [0.29, 0.717) is 5.69 Å². The Balaban J connectivity index is 1.79. The number of aromatic nitrogens is 1. The van der Waals surface area contributed by atoms with Crippen molar-refractivity contribution < 1.29 is 36.0 Å². The zero-order chi connectivity index (χ0) is 19.8. The van der Waals surface area contributed by atoms with E-state index in [0.717, 1.165) is 12.8 Å². The fraction of sp³-hybridized carbons (Fsp3) is 0.412. The molecule has 1 fully saturated rings. The molecular weight excluding hydrogens is 397 g/mol. The Morgan fingerprint density at radius 1 is 1.22 bits per heavy atom. The lowest BCUT2D eigenvalue weighted by Gasteiger charge is -2.19. The first-order chi connectivity index (χ1) is 12.6. The average Bonchev–Trinajstić information content (AvgIpc) is 3.30. The molecule has 4 nitrogen and oxygen atoms in total. The van der Waals surface area contributed by atoms with E-state index in [1.54, 1.807) is 0 Å². The molecule has 10 heteroatoms. The first kappa shape index (κ1) is 19.8. The van der Waals surface area contributed by atoms with Gasteiger partial charge in [0.25, 0.3) is 0 Å². The first-order valence-corrected chi connectivity index (χ1v) is 8.27. The monoisotopic (exact) mass is 409 g/mol. The zero-order valence-corrected chi connectivity index (χ0v) is 14.4. The zero-order valence-electron chi connectivity index (χ0n) is 13.7. The summed E-state index contributed by atoms with van der Waals surface area (Å²) in [5.41, 5.74) is 0.889. The molecule has 0 amide bonds. The van der Waals surface area contributed by atoms with Crippen LogP contribution in [0.5, 0.6) is 0 Å². The van der Waals surface area contributed by atoms with Gasteiger partial charge in [0.05, 0.1) is 17.9 Å². The van der Waals surface area contributed by atoms with Crippen LogP contribution in [0, 0.1) is 0 Å². The van der Waals surface area contributed by atoms with Crippen LogP contribution in [0.1, 0.15) is 45.9 Å². The van der Waals surface area contributed by atoms with Crippen LogP contribution in [0.25, 0.3) is 0 Å². The summed E-state index contributed by atoms with van der Waals surface area (Å²) in [7, 11) is 0. The van der Waals surface area contributed by atoms with E-state index >= 15 is 0 Å². The molecule has 3 rings (SSSR count). The fourth-order valence-electron chi connectivity index (χ4n) is 2.49. The molecule has 0 spiro atoms. The Morgan fingerprint density at radius 3 is 2.56 bits per heavy atom. The summed E-state index contributed by atoms with van der Waals surface area (Å²) in [6.45, 7) is -2.51. The number of ether oxygens (including phenoxy) is 1. The quantitative estimate of drug-likeness (QED) is 0.469. The van der Waals surface area contributed by atoms with Gasteiger partial charge in [-0.3, -0.25) is 4.79 Å². The van der Waals surface area contributed by atoms with E-state index < -0.39 is 31.1 Å². The third-order valence-electron chi connectivity index (χ3n) is 4.07. The Hall–Kier alpha value is -2.00. The Morgan fingerprint density at radius 2 is 1.93 bits per heavy atom. The molecule has 1 aromatic carbocycles. The van der Waals surface area contributed by atoms with Crippen LogP contribution < -0.4 is 0 Å². The average molecular weight is 410 g/mol. The predicted octanol–water partition coefficient (Wildman–Crippen LogP) is 5.15. The highest BCUT2D eigenvalue weighted by Gasteiger charge is 2.57. The van der Waals surface area contributed by atoms with Gasteiger partial charge in [0.2, 0.25) is 0 Å². The van der Waals surface area contributed by atoms with Crippen LogP contribution in [0.15, 0.2) is 29.0 Å². The molecule has 0 aliphatic heterocycles. The minimum atomic E-state index is -5.72. The molecule has 1 aromatic heterocycles. The maximum absolute atomic E-state index is 13.0. The second-order valence-corrected chi connectivity index (χ2v) is 6.65. The third kappa shape index (κ3) is 4.30. The molecule has 1 aliphatic rings. The number of rotatable bonds is 7. The van der Waals surface area contributed by atoms with Crippen molar-refractivity contribution >= 4 is 17.4 Å². The van der Waals surface area contributed by atoms with Gasteiger partial charge in [-0.05, 0) is 36.6 Å². The van der Waals surface area contributed by atoms with Crippen LogP contribution in [-0.4, -0.2) is 29.6 Å². The van der Waals surface area contributed by atoms with Crippen molar-refractivity contribution in [2.45, 2.75) is 37.5 Å². The van der Waals surface area contributed by atoms with Crippen molar-refractivity contribution in [1.29, 1.82) is 0 Å². The maximum atomic E-state index is 13.0. The summed E-state index contributed by atoms with van der Waals surface area (Å²) in [5.74, 6) is -5.36. The lowest BCUT2D eigenvalue weighted by Crippen LogP contribution is -2.40. The van der Waals surface area contributed by atoms with E-state index in [2.05, 4.69) is 9.89 Å². The van der Waals surface area contributed by atoms with Crippen LogP contribution in [-0.2, 0) is 11.3 Å². The molecule has 0 bridgehead atoms.